The van der Waals surface area contributed by atoms with Crippen molar-refractivity contribution in [3.8, 4) is 17.0 Å². The molecule has 6 nitrogen and oxygen atoms in total. The summed E-state index contributed by atoms with van der Waals surface area (Å²) in [4.78, 5) is 25.4. The lowest BCUT2D eigenvalue weighted by molar-refractivity contribution is 0.0694. The molecule has 1 aliphatic carbocycles. The summed E-state index contributed by atoms with van der Waals surface area (Å²) in [6, 6.07) is 5.32. The molecule has 29 heavy (non-hydrogen) atoms. The Morgan fingerprint density at radius 3 is 2.79 bits per heavy atom. The number of methoxy groups -OCH3 is 1. The quantitative estimate of drug-likeness (QED) is 0.684. The highest BCUT2D eigenvalue weighted by Crippen LogP contribution is 2.48. The number of hydrogen-bond acceptors (Lipinski definition) is 5. The molecule has 1 aromatic heterocycles. The molecule has 0 amide bonds. The molecule has 2 aromatic rings. The first kappa shape index (κ1) is 20.3. The van der Waals surface area contributed by atoms with Gasteiger partial charge in [-0.15, -0.1) is 11.8 Å². The SMILES string of the molecule is COCCC(C)Oc1cc2c(cc1Cl)-c1c(cc(C(=O)O)c(=O)n1C1CC1)CS2. The second kappa shape index (κ2) is 8.05. The summed E-state index contributed by atoms with van der Waals surface area (Å²) in [7, 11) is 1.65. The predicted octanol–water partition coefficient (Wildman–Crippen LogP) is 4.61. The molecule has 154 valence electrons. The van der Waals surface area contributed by atoms with E-state index in [2.05, 4.69) is 0 Å². The molecule has 1 aromatic carbocycles. The highest BCUT2D eigenvalue weighted by molar-refractivity contribution is 7.98. The number of ether oxygens (including phenoxy) is 2. The number of fused-ring (bicyclic) bond motifs is 3. The van der Waals surface area contributed by atoms with Crippen molar-refractivity contribution in [3.05, 3.63) is 44.7 Å². The molecule has 2 heterocycles. The number of carboxylic acid groups (broad SMARTS) is 1. The van der Waals surface area contributed by atoms with Gasteiger partial charge in [0.15, 0.2) is 0 Å². The molecule has 0 radical (unpaired) electrons. The van der Waals surface area contributed by atoms with E-state index < -0.39 is 11.5 Å². The summed E-state index contributed by atoms with van der Waals surface area (Å²) in [6.07, 6.45) is 2.46. The van der Waals surface area contributed by atoms with Crippen LogP contribution in [0.2, 0.25) is 5.02 Å². The minimum atomic E-state index is -1.19. The number of nitrogens with zero attached hydrogens (tertiary/aromatic N) is 1. The summed E-state index contributed by atoms with van der Waals surface area (Å²) >= 11 is 8.12. The van der Waals surface area contributed by atoms with Gasteiger partial charge in [-0.25, -0.2) is 4.79 Å². The van der Waals surface area contributed by atoms with Crippen LogP contribution in [-0.2, 0) is 10.5 Å². The summed E-state index contributed by atoms with van der Waals surface area (Å²) in [6.45, 7) is 2.57. The maximum Gasteiger partial charge on any atom is 0.341 e. The smallest absolute Gasteiger partial charge is 0.341 e. The van der Waals surface area contributed by atoms with Crippen LogP contribution in [0.1, 0.15) is 48.1 Å². The summed E-state index contributed by atoms with van der Waals surface area (Å²) in [5.74, 6) is 0.0119. The third-order valence-corrected chi connectivity index (χ3v) is 6.58. The number of aromatic nitrogens is 1. The van der Waals surface area contributed by atoms with Gasteiger partial charge in [0.25, 0.3) is 5.56 Å². The van der Waals surface area contributed by atoms with E-state index in [0.29, 0.717) is 23.1 Å². The number of pyridine rings is 1. The van der Waals surface area contributed by atoms with Crippen LogP contribution >= 0.6 is 23.4 Å². The van der Waals surface area contributed by atoms with E-state index in [1.807, 2.05) is 19.1 Å². The van der Waals surface area contributed by atoms with Crippen LogP contribution in [-0.4, -0.2) is 35.5 Å². The molecule has 2 aliphatic rings. The molecule has 1 aliphatic heterocycles. The van der Waals surface area contributed by atoms with Gasteiger partial charge in [0.1, 0.15) is 11.3 Å². The normalized spacial score (nSPS) is 16.1. The van der Waals surface area contributed by atoms with Crippen molar-refractivity contribution in [1.82, 2.24) is 4.57 Å². The molecule has 1 unspecified atom stereocenters. The van der Waals surface area contributed by atoms with Gasteiger partial charge in [-0.05, 0) is 43.5 Å². The highest BCUT2D eigenvalue weighted by Gasteiger charge is 2.33. The van der Waals surface area contributed by atoms with Gasteiger partial charge in [-0.3, -0.25) is 4.79 Å². The van der Waals surface area contributed by atoms with Gasteiger partial charge in [-0.1, -0.05) is 11.6 Å². The van der Waals surface area contributed by atoms with Crippen LogP contribution in [0.4, 0.5) is 0 Å². The summed E-state index contributed by atoms with van der Waals surface area (Å²) < 4.78 is 12.8. The number of benzene rings is 1. The first-order valence-corrected chi connectivity index (χ1v) is 10.9. The lowest BCUT2D eigenvalue weighted by atomic mass is 10.0. The minimum Gasteiger partial charge on any atom is -0.489 e. The van der Waals surface area contributed by atoms with Crippen LogP contribution < -0.4 is 10.3 Å². The Morgan fingerprint density at radius 2 is 2.14 bits per heavy atom. The standard InChI is InChI=1S/C21H22ClNO5S/c1-11(5-6-27-2)28-17-9-18-14(8-16(17)22)19-12(10-29-18)7-15(21(25)26)20(24)23(19)13-3-4-13/h7-9,11,13H,3-6,10H2,1-2H3,(H,25,26). The van der Waals surface area contributed by atoms with Gasteiger partial charge in [0.05, 0.1) is 16.8 Å². The molecule has 8 heteroatoms. The monoisotopic (exact) mass is 435 g/mol. The van der Waals surface area contributed by atoms with Gasteiger partial charge in [-0.2, -0.15) is 0 Å². The van der Waals surface area contributed by atoms with Gasteiger partial charge >= 0.3 is 5.97 Å². The van der Waals surface area contributed by atoms with Gasteiger partial charge in [0.2, 0.25) is 0 Å². The maximum absolute atomic E-state index is 12.9. The first-order valence-electron chi connectivity index (χ1n) is 9.54. The van der Waals surface area contributed by atoms with Crippen molar-refractivity contribution in [1.29, 1.82) is 0 Å². The second-order valence-corrected chi connectivity index (χ2v) is 8.85. The Labute approximate surface area is 177 Å². The van der Waals surface area contributed by atoms with E-state index in [9.17, 15) is 14.7 Å². The Hall–Kier alpha value is -1.96. The number of thioether (sulfide) groups is 1. The first-order chi connectivity index (χ1) is 13.9. The molecule has 0 bridgehead atoms. The zero-order chi connectivity index (χ0) is 20.7. The van der Waals surface area contributed by atoms with Gasteiger partial charge in [0, 0.05) is 42.4 Å². The number of carbonyl (C=O) groups is 1. The van der Waals surface area contributed by atoms with Crippen LogP contribution in [0.25, 0.3) is 11.3 Å². The highest BCUT2D eigenvalue weighted by atomic mass is 35.5. The molecular weight excluding hydrogens is 414 g/mol. The van der Waals surface area contributed by atoms with E-state index in [4.69, 9.17) is 21.1 Å². The predicted molar refractivity (Wildman–Crippen MR) is 113 cm³/mol. The van der Waals surface area contributed by atoms with Crippen molar-refractivity contribution in [2.45, 2.75) is 49.0 Å². The van der Waals surface area contributed by atoms with E-state index in [1.54, 1.807) is 23.4 Å². The van der Waals surface area contributed by atoms with Crippen molar-refractivity contribution in [3.63, 3.8) is 0 Å². The van der Waals surface area contributed by atoms with Crippen LogP contribution in [0, 0.1) is 0 Å². The lowest BCUT2D eigenvalue weighted by Gasteiger charge is -2.25. The van der Waals surface area contributed by atoms with Crippen LogP contribution in [0.15, 0.2) is 27.9 Å². The number of carboxylic acids is 1. The van der Waals surface area contributed by atoms with Crippen LogP contribution in [0.5, 0.6) is 5.75 Å². The van der Waals surface area contributed by atoms with E-state index in [0.717, 1.165) is 41.0 Å². The van der Waals surface area contributed by atoms with Crippen LogP contribution in [0.3, 0.4) is 0 Å². The molecule has 4 rings (SSSR count). The zero-order valence-electron chi connectivity index (χ0n) is 16.2. The fourth-order valence-corrected chi connectivity index (χ4v) is 4.82. The number of halogens is 1. The van der Waals surface area contributed by atoms with Crippen molar-refractivity contribution in [2.75, 3.05) is 13.7 Å². The van der Waals surface area contributed by atoms with E-state index >= 15 is 0 Å². The molecule has 0 saturated heterocycles. The third-order valence-electron chi connectivity index (χ3n) is 5.18. The Kier molecular flexibility index (Phi) is 5.64. The van der Waals surface area contributed by atoms with E-state index in [1.165, 1.54) is 6.07 Å². The molecule has 1 fully saturated rings. The molecule has 1 N–H and O–H groups in total. The largest absolute Gasteiger partial charge is 0.489 e. The molecule has 1 atom stereocenters. The summed E-state index contributed by atoms with van der Waals surface area (Å²) in [5, 5.41) is 9.92. The maximum atomic E-state index is 12.9. The molecular formula is C21H22ClNO5S. The van der Waals surface area contributed by atoms with Crippen molar-refractivity contribution in [2.24, 2.45) is 0 Å². The number of aromatic carboxylic acids is 1. The molecule has 1 saturated carbocycles. The molecule has 0 spiro atoms. The Morgan fingerprint density at radius 1 is 1.38 bits per heavy atom. The third kappa shape index (κ3) is 3.91. The average Bonchev–Trinajstić information content (AvgIpc) is 3.51. The average molecular weight is 436 g/mol. The lowest BCUT2D eigenvalue weighted by Crippen LogP contribution is -2.29. The Balaban J connectivity index is 1.79. The topological polar surface area (TPSA) is 77.8 Å². The van der Waals surface area contributed by atoms with Crippen molar-refractivity contribution >= 4 is 29.3 Å². The second-order valence-electron chi connectivity index (χ2n) is 7.42. The van der Waals surface area contributed by atoms with Crippen molar-refractivity contribution < 1.29 is 19.4 Å². The fourth-order valence-electron chi connectivity index (χ4n) is 3.58. The van der Waals surface area contributed by atoms with Gasteiger partial charge < -0.3 is 19.1 Å². The number of hydrogen-bond donors (Lipinski definition) is 1. The zero-order valence-corrected chi connectivity index (χ0v) is 17.8. The minimum absolute atomic E-state index is 0.0471. The fraction of sp³-hybridized carbons (Fsp3) is 0.429. The Bertz CT molecular complexity index is 1030. The van der Waals surface area contributed by atoms with E-state index in [-0.39, 0.29) is 17.7 Å². The number of rotatable bonds is 7. The summed E-state index contributed by atoms with van der Waals surface area (Å²) in [5.41, 5.74) is 1.89.